The molecule has 0 aliphatic heterocycles. The van der Waals surface area contributed by atoms with E-state index in [9.17, 15) is 0 Å². The Bertz CT molecular complexity index is 135. The molecule has 0 spiro atoms. The van der Waals surface area contributed by atoms with Crippen LogP contribution in [0.1, 0.15) is 13.3 Å². The van der Waals surface area contributed by atoms with Gasteiger partial charge in [-0.2, -0.15) is 0 Å². The smallest absolute Gasteiger partial charge is 0.0844 e. The van der Waals surface area contributed by atoms with E-state index in [0.29, 0.717) is 0 Å². The molecule has 0 atom stereocenters. The molecule has 0 N–H and O–H groups in total. The van der Waals surface area contributed by atoms with Crippen LogP contribution >= 0.6 is 0 Å². The van der Waals surface area contributed by atoms with Crippen LogP contribution in [0.4, 0.5) is 0 Å². The first kappa shape index (κ1) is 8.29. The molecule has 0 unspecified atom stereocenters. The van der Waals surface area contributed by atoms with E-state index in [4.69, 9.17) is 0 Å². The van der Waals surface area contributed by atoms with Crippen molar-refractivity contribution in [1.29, 1.82) is 0 Å². The van der Waals surface area contributed by atoms with E-state index in [1.807, 2.05) is 0 Å². The largest absolute Gasteiger partial charge is 1.00 e. The van der Waals surface area contributed by atoms with Crippen LogP contribution in [0.15, 0.2) is 22.9 Å². The van der Waals surface area contributed by atoms with Gasteiger partial charge in [0.2, 0.25) is 0 Å². The second-order valence-electron chi connectivity index (χ2n) is 1.82. The Labute approximate surface area is 65.6 Å². The van der Waals surface area contributed by atoms with Crippen molar-refractivity contribution in [3.8, 4) is 0 Å². The van der Waals surface area contributed by atoms with Gasteiger partial charge in [-0.05, 0) is 13.3 Å². The molecule has 3 radical (unpaired) electrons. The summed E-state index contributed by atoms with van der Waals surface area (Å²) in [5.74, 6) is 0. The van der Waals surface area contributed by atoms with Gasteiger partial charge in [-0.25, -0.2) is 0 Å². The van der Waals surface area contributed by atoms with Crippen LogP contribution in [-0.4, -0.2) is 10.2 Å². The molecule has 1 rings (SSSR count). The Morgan fingerprint density at radius 1 is 1.62 bits per heavy atom. The zero-order valence-corrected chi connectivity index (χ0v) is 6.36. The molecule has 0 bridgehead atoms. The third-order valence-electron chi connectivity index (χ3n) is 1.05. The molecule has 35 valence electrons. The second-order valence-corrected chi connectivity index (χ2v) is 2.46. The monoisotopic (exact) mass is 114 g/mol. The summed E-state index contributed by atoms with van der Waals surface area (Å²) < 4.78 is 0. The van der Waals surface area contributed by atoms with Gasteiger partial charge in [0.25, 0.3) is 0 Å². The molecule has 0 aromatic heterocycles. The number of allylic oxidation sites excluding steroid dienone is 4. The summed E-state index contributed by atoms with van der Waals surface area (Å²) in [5, 5.41) is 1.29. The van der Waals surface area contributed by atoms with Gasteiger partial charge in [-0.15, -0.1) is 0 Å². The minimum atomic E-state index is 0. The molecule has 2 heteroatoms. The molecular weight excluding hydrogens is 107 g/mol. The second kappa shape index (κ2) is 3.35. The zero-order valence-electron chi connectivity index (χ0n) is 5.36. The van der Waals surface area contributed by atoms with E-state index < -0.39 is 0 Å². The molecule has 0 fully saturated rings. The summed E-state index contributed by atoms with van der Waals surface area (Å²) in [7, 11) is 3.43. The van der Waals surface area contributed by atoms with Crippen LogP contribution in [0.5, 0.6) is 0 Å². The van der Waals surface area contributed by atoms with Crippen molar-refractivity contribution in [1.82, 2.24) is 0 Å². The Kier molecular flexibility index (Phi) is 3.47. The van der Waals surface area contributed by atoms with Crippen molar-refractivity contribution in [3.63, 3.8) is 0 Å². The molecule has 0 saturated heterocycles. The maximum absolute atomic E-state index is 3.43. The van der Waals surface area contributed by atoms with Gasteiger partial charge >= 0.3 is 18.9 Å². The van der Waals surface area contributed by atoms with E-state index in [1.165, 1.54) is 10.8 Å². The standard InChI is InChI=1S/C6H7Si.Li/c1-5-2-3-6(7)4-5;/h2,4H,3H2,1H3;/q;+1. The van der Waals surface area contributed by atoms with Crippen LogP contribution in [-0.2, 0) is 0 Å². The predicted octanol–water partition coefficient (Wildman–Crippen LogP) is -1.61. The van der Waals surface area contributed by atoms with Gasteiger partial charge in [0.1, 0.15) is 0 Å². The van der Waals surface area contributed by atoms with Gasteiger partial charge in [0.05, 0.1) is 10.2 Å². The summed E-state index contributed by atoms with van der Waals surface area (Å²) in [6.45, 7) is 2.10. The topological polar surface area (TPSA) is 0 Å². The summed E-state index contributed by atoms with van der Waals surface area (Å²) in [6.07, 6.45) is 5.42. The van der Waals surface area contributed by atoms with Gasteiger partial charge < -0.3 is 0 Å². The van der Waals surface area contributed by atoms with Crippen molar-refractivity contribution in [2.45, 2.75) is 13.3 Å². The molecule has 0 aromatic rings. The van der Waals surface area contributed by atoms with Crippen molar-refractivity contribution < 1.29 is 18.9 Å². The predicted molar refractivity (Wildman–Crippen MR) is 32.2 cm³/mol. The Morgan fingerprint density at radius 2 is 2.25 bits per heavy atom. The van der Waals surface area contributed by atoms with E-state index in [-0.39, 0.29) is 18.9 Å². The first-order valence-electron chi connectivity index (χ1n) is 2.38. The van der Waals surface area contributed by atoms with Gasteiger partial charge in [-0.3, -0.25) is 0 Å². The van der Waals surface area contributed by atoms with E-state index in [1.54, 1.807) is 0 Å². The average molecular weight is 114 g/mol. The number of hydrogen-bond donors (Lipinski definition) is 0. The summed E-state index contributed by atoms with van der Waals surface area (Å²) in [5.41, 5.74) is 1.37. The fourth-order valence-corrected chi connectivity index (χ4v) is 0.993. The molecule has 0 amide bonds. The molecule has 1 aliphatic carbocycles. The van der Waals surface area contributed by atoms with Crippen LogP contribution < -0.4 is 18.9 Å². The number of hydrogen-bond acceptors (Lipinski definition) is 0. The zero-order chi connectivity index (χ0) is 5.28. The molecule has 0 saturated carbocycles. The summed E-state index contributed by atoms with van der Waals surface area (Å²) >= 11 is 0. The molecule has 0 heterocycles. The molecule has 1 aliphatic rings. The van der Waals surface area contributed by atoms with Crippen LogP contribution in [0.3, 0.4) is 0 Å². The minimum Gasteiger partial charge on any atom is -0.0844 e. The van der Waals surface area contributed by atoms with Crippen molar-refractivity contribution in [2.75, 3.05) is 0 Å². The first-order valence-corrected chi connectivity index (χ1v) is 2.88. The SMILES string of the molecule is CC1=CCC([Si])=C1.[Li+]. The van der Waals surface area contributed by atoms with Crippen LogP contribution in [0, 0.1) is 0 Å². The minimum absolute atomic E-state index is 0. The Morgan fingerprint density at radius 3 is 2.38 bits per heavy atom. The maximum Gasteiger partial charge on any atom is 1.00 e. The number of rotatable bonds is 0. The fraction of sp³-hybridized carbons (Fsp3) is 0.333. The van der Waals surface area contributed by atoms with Crippen molar-refractivity contribution in [2.24, 2.45) is 0 Å². The average Bonchev–Trinajstić information content (AvgIpc) is 1.87. The first-order chi connectivity index (χ1) is 3.29. The molecule has 8 heavy (non-hydrogen) atoms. The maximum atomic E-state index is 3.43. The molecule has 0 aromatic carbocycles. The van der Waals surface area contributed by atoms with Crippen LogP contribution in [0.2, 0.25) is 0 Å². The fourth-order valence-electron chi connectivity index (χ4n) is 0.664. The van der Waals surface area contributed by atoms with Crippen molar-refractivity contribution >= 4 is 10.2 Å². The molecular formula is C6H7LiSi+. The third-order valence-corrected chi connectivity index (χ3v) is 1.39. The van der Waals surface area contributed by atoms with Crippen molar-refractivity contribution in [3.05, 3.63) is 22.9 Å². The summed E-state index contributed by atoms with van der Waals surface area (Å²) in [6, 6.07) is 0. The third kappa shape index (κ3) is 2.04. The van der Waals surface area contributed by atoms with E-state index in [2.05, 4.69) is 29.3 Å². The van der Waals surface area contributed by atoms with E-state index >= 15 is 0 Å². The Balaban J connectivity index is 0.000000490. The Hall–Kier alpha value is 0.294. The van der Waals surface area contributed by atoms with Gasteiger partial charge in [0.15, 0.2) is 0 Å². The normalized spacial score (nSPS) is 16.8. The molecule has 0 nitrogen and oxygen atoms in total. The van der Waals surface area contributed by atoms with Crippen LogP contribution in [0.25, 0.3) is 0 Å². The van der Waals surface area contributed by atoms with E-state index in [0.717, 1.165) is 6.42 Å². The summed E-state index contributed by atoms with van der Waals surface area (Å²) in [4.78, 5) is 0. The van der Waals surface area contributed by atoms with Gasteiger partial charge in [-0.1, -0.05) is 22.9 Å². The van der Waals surface area contributed by atoms with Gasteiger partial charge in [0, 0.05) is 0 Å². The quantitative estimate of drug-likeness (QED) is 0.332.